The molecule has 0 atom stereocenters. The molecule has 0 aromatic heterocycles. The van der Waals surface area contributed by atoms with E-state index in [0.29, 0.717) is 10.8 Å². The third-order valence-corrected chi connectivity index (χ3v) is 4.86. The SMILES string of the molecule is CN(C)CCCN(C)C1(CN)CC(C)(C)CC(C)(C)C1. The van der Waals surface area contributed by atoms with Gasteiger partial charge in [0.15, 0.2) is 0 Å². The molecule has 0 radical (unpaired) electrons. The molecule has 0 aliphatic heterocycles. The number of rotatable bonds is 6. The first-order chi connectivity index (χ1) is 9.02. The highest BCUT2D eigenvalue weighted by atomic mass is 15.2. The largest absolute Gasteiger partial charge is 0.329 e. The van der Waals surface area contributed by atoms with Gasteiger partial charge in [-0.2, -0.15) is 0 Å². The summed E-state index contributed by atoms with van der Waals surface area (Å²) in [5.41, 5.74) is 7.21. The van der Waals surface area contributed by atoms with Crippen molar-refractivity contribution < 1.29 is 0 Å². The second kappa shape index (κ2) is 6.33. The lowest BCUT2D eigenvalue weighted by Gasteiger charge is -2.55. The van der Waals surface area contributed by atoms with Gasteiger partial charge in [0, 0.05) is 12.1 Å². The first kappa shape index (κ1) is 17.9. The zero-order chi connectivity index (χ0) is 15.6. The second-order valence-corrected chi connectivity index (χ2v) is 8.87. The van der Waals surface area contributed by atoms with E-state index in [1.54, 1.807) is 0 Å². The first-order valence-electron chi connectivity index (χ1n) is 8.08. The highest BCUT2D eigenvalue weighted by Gasteiger charge is 2.48. The van der Waals surface area contributed by atoms with Crippen molar-refractivity contribution in [1.82, 2.24) is 9.80 Å². The molecule has 0 amide bonds. The Kier molecular flexibility index (Phi) is 5.67. The average Bonchev–Trinajstić information content (AvgIpc) is 2.23. The quantitative estimate of drug-likeness (QED) is 0.813. The summed E-state index contributed by atoms with van der Waals surface area (Å²) in [6, 6.07) is 0. The zero-order valence-corrected chi connectivity index (χ0v) is 14.9. The maximum absolute atomic E-state index is 6.26. The van der Waals surface area contributed by atoms with Crippen molar-refractivity contribution in [2.45, 2.75) is 58.9 Å². The molecule has 1 aliphatic carbocycles. The third kappa shape index (κ3) is 4.71. The molecule has 1 saturated carbocycles. The minimum absolute atomic E-state index is 0.178. The maximum Gasteiger partial charge on any atom is 0.0338 e. The van der Waals surface area contributed by atoms with Crippen molar-refractivity contribution in [2.75, 3.05) is 40.8 Å². The Morgan fingerprint density at radius 3 is 1.75 bits per heavy atom. The fraction of sp³-hybridized carbons (Fsp3) is 1.00. The van der Waals surface area contributed by atoms with Crippen LogP contribution >= 0.6 is 0 Å². The Morgan fingerprint density at radius 1 is 0.850 bits per heavy atom. The van der Waals surface area contributed by atoms with Crippen LogP contribution in [0.1, 0.15) is 53.4 Å². The van der Waals surface area contributed by atoms with E-state index in [4.69, 9.17) is 5.73 Å². The second-order valence-electron chi connectivity index (χ2n) is 8.87. The average molecular weight is 284 g/mol. The van der Waals surface area contributed by atoms with Crippen LogP contribution in [0.15, 0.2) is 0 Å². The maximum atomic E-state index is 6.26. The summed E-state index contributed by atoms with van der Waals surface area (Å²) in [5, 5.41) is 0. The molecule has 1 fully saturated rings. The van der Waals surface area contributed by atoms with Gasteiger partial charge in [-0.15, -0.1) is 0 Å². The Balaban J connectivity index is 2.79. The van der Waals surface area contributed by atoms with Gasteiger partial charge in [0.05, 0.1) is 0 Å². The normalized spacial score (nSPS) is 24.3. The molecule has 2 N–H and O–H groups in total. The number of hydrogen-bond donors (Lipinski definition) is 1. The third-order valence-electron chi connectivity index (χ3n) is 4.86. The van der Waals surface area contributed by atoms with Gasteiger partial charge in [0.25, 0.3) is 0 Å². The molecule has 0 aromatic rings. The molecular formula is C17H37N3. The minimum Gasteiger partial charge on any atom is -0.329 e. The molecule has 3 heteroatoms. The fourth-order valence-electron chi connectivity index (χ4n) is 4.70. The van der Waals surface area contributed by atoms with Crippen LogP contribution in [0, 0.1) is 10.8 Å². The van der Waals surface area contributed by atoms with E-state index in [1.807, 2.05) is 0 Å². The Bertz CT molecular complexity index is 291. The number of likely N-dealkylation sites (N-methyl/N-ethyl adjacent to an activating group) is 1. The van der Waals surface area contributed by atoms with Gasteiger partial charge in [-0.05, 0) is 70.7 Å². The lowest BCUT2D eigenvalue weighted by molar-refractivity contribution is -0.0327. The van der Waals surface area contributed by atoms with Gasteiger partial charge in [-0.1, -0.05) is 27.7 Å². The highest BCUT2D eigenvalue weighted by molar-refractivity contribution is 5.03. The molecule has 0 heterocycles. The van der Waals surface area contributed by atoms with Crippen molar-refractivity contribution in [3.63, 3.8) is 0 Å². The van der Waals surface area contributed by atoms with Gasteiger partial charge in [-0.3, -0.25) is 4.90 Å². The molecule has 0 saturated heterocycles. The molecule has 1 rings (SSSR count). The summed E-state index contributed by atoms with van der Waals surface area (Å²) in [4.78, 5) is 4.82. The molecular weight excluding hydrogens is 246 g/mol. The van der Waals surface area contributed by atoms with Crippen LogP contribution in [0.5, 0.6) is 0 Å². The van der Waals surface area contributed by atoms with Gasteiger partial charge >= 0.3 is 0 Å². The van der Waals surface area contributed by atoms with E-state index in [2.05, 4.69) is 58.6 Å². The van der Waals surface area contributed by atoms with Crippen LogP contribution in [0.25, 0.3) is 0 Å². The van der Waals surface area contributed by atoms with Gasteiger partial charge in [0.2, 0.25) is 0 Å². The summed E-state index contributed by atoms with van der Waals surface area (Å²) in [5.74, 6) is 0. The Morgan fingerprint density at radius 2 is 1.35 bits per heavy atom. The number of hydrogen-bond acceptors (Lipinski definition) is 3. The van der Waals surface area contributed by atoms with Crippen LogP contribution in [0.3, 0.4) is 0 Å². The van der Waals surface area contributed by atoms with Crippen LogP contribution in [-0.2, 0) is 0 Å². The van der Waals surface area contributed by atoms with E-state index in [0.717, 1.165) is 19.6 Å². The van der Waals surface area contributed by atoms with Gasteiger partial charge in [-0.25, -0.2) is 0 Å². The topological polar surface area (TPSA) is 32.5 Å². The molecule has 120 valence electrons. The van der Waals surface area contributed by atoms with Gasteiger partial charge < -0.3 is 10.6 Å². The summed E-state index contributed by atoms with van der Waals surface area (Å²) < 4.78 is 0. The zero-order valence-electron chi connectivity index (χ0n) is 14.9. The lowest BCUT2D eigenvalue weighted by atomic mass is 9.58. The highest BCUT2D eigenvalue weighted by Crippen LogP contribution is 2.51. The van der Waals surface area contributed by atoms with E-state index < -0.39 is 0 Å². The predicted molar refractivity (Wildman–Crippen MR) is 89.0 cm³/mol. The molecule has 20 heavy (non-hydrogen) atoms. The molecule has 0 unspecified atom stereocenters. The van der Waals surface area contributed by atoms with Crippen LogP contribution < -0.4 is 5.73 Å². The van der Waals surface area contributed by atoms with Crippen LogP contribution in [0.2, 0.25) is 0 Å². The molecule has 0 bridgehead atoms. The Hall–Kier alpha value is -0.120. The molecule has 3 nitrogen and oxygen atoms in total. The number of nitrogens with two attached hydrogens (primary N) is 1. The van der Waals surface area contributed by atoms with Crippen molar-refractivity contribution in [1.29, 1.82) is 0 Å². The predicted octanol–water partition coefficient (Wildman–Crippen LogP) is 2.80. The van der Waals surface area contributed by atoms with Crippen molar-refractivity contribution in [3.05, 3.63) is 0 Å². The lowest BCUT2D eigenvalue weighted by Crippen LogP contribution is -2.59. The van der Waals surface area contributed by atoms with Crippen molar-refractivity contribution in [3.8, 4) is 0 Å². The van der Waals surface area contributed by atoms with E-state index >= 15 is 0 Å². The molecule has 0 spiro atoms. The fourth-order valence-corrected chi connectivity index (χ4v) is 4.70. The first-order valence-corrected chi connectivity index (χ1v) is 8.08. The van der Waals surface area contributed by atoms with Crippen molar-refractivity contribution in [2.24, 2.45) is 16.6 Å². The summed E-state index contributed by atoms with van der Waals surface area (Å²) >= 11 is 0. The summed E-state index contributed by atoms with van der Waals surface area (Å²) in [6.07, 6.45) is 4.95. The van der Waals surface area contributed by atoms with Crippen LogP contribution in [0.4, 0.5) is 0 Å². The van der Waals surface area contributed by atoms with Crippen molar-refractivity contribution >= 4 is 0 Å². The van der Waals surface area contributed by atoms with E-state index in [9.17, 15) is 0 Å². The summed E-state index contributed by atoms with van der Waals surface area (Å²) in [7, 11) is 6.57. The summed E-state index contributed by atoms with van der Waals surface area (Å²) in [6.45, 7) is 12.7. The minimum atomic E-state index is 0.178. The van der Waals surface area contributed by atoms with Gasteiger partial charge in [0.1, 0.15) is 0 Å². The van der Waals surface area contributed by atoms with Crippen LogP contribution in [-0.4, -0.2) is 56.1 Å². The Labute approximate surface area is 126 Å². The number of nitrogens with zero attached hydrogens (tertiary/aromatic N) is 2. The van der Waals surface area contributed by atoms with E-state index in [-0.39, 0.29) is 5.54 Å². The van der Waals surface area contributed by atoms with E-state index in [1.165, 1.54) is 25.7 Å². The molecule has 0 aromatic carbocycles. The standard InChI is InChI=1S/C17H37N3/c1-15(2)11-16(3,4)13-17(12-15,14-18)20(7)10-8-9-19(5)6/h8-14,18H2,1-7H3. The monoisotopic (exact) mass is 283 g/mol. The molecule has 1 aliphatic rings. The smallest absolute Gasteiger partial charge is 0.0338 e.